The first-order chi connectivity index (χ1) is 8.78. The molecule has 3 aromatic rings. The van der Waals surface area contributed by atoms with E-state index < -0.39 is 0 Å². The van der Waals surface area contributed by atoms with E-state index in [1.54, 1.807) is 6.07 Å². The van der Waals surface area contributed by atoms with E-state index >= 15 is 0 Å². The number of hydrogen-bond donors (Lipinski definition) is 2. The molecule has 3 N–H and O–H groups in total. The molecule has 4 nitrogen and oxygen atoms in total. The van der Waals surface area contributed by atoms with Crippen LogP contribution in [0.15, 0.2) is 42.5 Å². The summed E-state index contributed by atoms with van der Waals surface area (Å²) >= 11 is 0. The maximum Gasteiger partial charge on any atom is 0.100 e. The Bertz CT molecular complexity index is 765. The van der Waals surface area contributed by atoms with Gasteiger partial charge in [-0.3, -0.25) is 5.10 Å². The fraction of sp³-hybridized carbons (Fsp3) is 0. The summed E-state index contributed by atoms with van der Waals surface area (Å²) in [5, 5.41) is 17.1. The van der Waals surface area contributed by atoms with Crippen LogP contribution in [0.25, 0.3) is 22.2 Å². The number of nitrogens with zero attached hydrogens (tertiary/aromatic N) is 2. The lowest BCUT2D eigenvalue weighted by Crippen LogP contribution is -1.84. The molecule has 0 bridgehead atoms. The summed E-state index contributed by atoms with van der Waals surface area (Å²) in [5.74, 6) is 0. The molecule has 1 aromatic heterocycles. The third kappa shape index (κ3) is 1.59. The number of nitriles is 1. The molecular formula is C14H10N4. The number of hydrogen-bond acceptors (Lipinski definition) is 3. The Hall–Kier alpha value is -2.80. The van der Waals surface area contributed by atoms with Crippen molar-refractivity contribution >= 4 is 16.6 Å². The van der Waals surface area contributed by atoms with Gasteiger partial charge in [0, 0.05) is 16.6 Å². The van der Waals surface area contributed by atoms with Gasteiger partial charge in [0.05, 0.1) is 17.1 Å². The fourth-order valence-corrected chi connectivity index (χ4v) is 1.99. The standard InChI is InChI=1S/C14H10N4/c15-8-9-2-1-3-10(6-9)14-12-7-11(16)4-5-13(12)17-18-14/h1-7H,16H2,(H,17,18). The van der Waals surface area contributed by atoms with Crippen LogP contribution in [-0.2, 0) is 0 Å². The molecule has 86 valence electrons. The Morgan fingerprint density at radius 1 is 1.17 bits per heavy atom. The minimum absolute atomic E-state index is 0.618. The number of aromatic amines is 1. The van der Waals surface area contributed by atoms with Crippen LogP contribution in [0.2, 0.25) is 0 Å². The number of nitrogens with two attached hydrogens (primary N) is 1. The van der Waals surface area contributed by atoms with E-state index in [4.69, 9.17) is 11.0 Å². The smallest absolute Gasteiger partial charge is 0.100 e. The van der Waals surface area contributed by atoms with Crippen molar-refractivity contribution in [1.29, 1.82) is 5.26 Å². The molecule has 0 aliphatic carbocycles. The third-order valence-electron chi connectivity index (χ3n) is 2.85. The highest BCUT2D eigenvalue weighted by atomic mass is 15.1. The predicted molar refractivity (Wildman–Crippen MR) is 70.7 cm³/mol. The van der Waals surface area contributed by atoms with Gasteiger partial charge in [-0.25, -0.2) is 0 Å². The molecule has 0 spiro atoms. The number of benzene rings is 2. The van der Waals surface area contributed by atoms with Gasteiger partial charge in [-0.1, -0.05) is 12.1 Å². The van der Waals surface area contributed by atoms with Crippen LogP contribution in [0, 0.1) is 11.3 Å². The van der Waals surface area contributed by atoms with Gasteiger partial charge in [0.15, 0.2) is 0 Å². The number of H-pyrrole nitrogens is 1. The summed E-state index contributed by atoms with van der Waals surface area (Å²) in [7, 11) is 0. The maximum absolute atomic E-state index is 8.92. The van der Waals surface area contributed by atoms with Crippen molar-refractivity contribution in [2.24, 2.45) is 0 Å². The van der Waals surface area contributed by atoms with Crippen molar-refractivity contribution < 1.29 is 0 Å². The van der Waals surface area contributed by atoms with Crippen LogP contribution in [-0.4, -0.2) is 10.2 Å². The van der Waals surface area contributed by atoms with Crippen molar-refractivity contribution in [2.45, 2.75) is 0 Å². The molecule has 0 fully saturated rings. The second kappa shape index (κ2) is 3.90. The van der Waals surface area contributed by atoms with E-state index in [0.29, 0.717) is 11.3 Å². The average Bonchev–Trinajstić information content (AvgIpc) is 2.81. The van der Waals surface area contributed by atoms with Gasteiger partial charge in [0.1, 0.15) is 5.69 Å². The van der Waals surface area contributed by atoms with Gasteiger partial charge in [0.2, 0.25) is 0 Å². The fourth-order valence-electron chi connectivity index (χ4n) is 1.99. The number of rotatable bonds is 1. The van der Waals surface area contributed by atoms with E-state index in [2.05, 4.69) is 16.3 Å². The summed E-state index contributed by atoms with van der Waals surface area (Å²) < 4.78 is 0. The van der Waals surface area contributed by atoms with Crippen molar-refractivity contribution in [1.82, 2.24) is 10.2 Å². The zero-order chi connectivity index (χ0) is 12.5. The van der Waals surface area contributed by atoms with Crippen molar-refractivity contribution in [3.8, 4) is 17.3 Å². The first-order valence-electron chi connectivity index (χ1n) is 5.52. The van der Waals surface area contributed by atoms with Gasteiger partial charge in [-0.15, -0.1) is 0 Å². The summed E-state index contributed by atoms with van der Waals surface area (Å²) in [5.41, 5.74) is 9.76. The number of nitrogen functional groups attached to an aromatic ring is 1. The molecule has 18 heavy (non-hydrogen) atoms. The average molecular weight is 234 g/mol. The lowest BCUT2D eigenvalue weighted by atomic mass is 10.1. The molecule has 0 aliphatic heterocycles. The molecule has 0 radical (unpaired) electrons. The van der Waals surface area contributed by atoms with Crippen molar-refractivity contribution in [2.75, 3.05) is 5.73 Å². The zero-order valence-corrected chi connectivity index (χ0v) is 9.51. The molecule has 4 heteroatoms. The first-order valence-corrected chi connectivity index (χ1v) is 5.52. The summed E-state index contributed by atoms with van der Waals surface area (Å²) in [6.45, 7) is 0. The van der Waals surface area contributed by atoms with Gasteiger partial charge in [-0.2, -0.15) is 10.4 Å². The second-order valence-electron chi connectivity index (χ2n) is 4.07. The minimum Gasteiger partial charge on any atom is -0.399 e. The van der Waals surface area contributed by atoms with Gasteiger partial charge in [-0.05, 0) is 30.3 Å². The summed E-state index contributed by atoms with van der Waals surface area (Å²) in [6.07, 6.45) is 0. The summed E-state index contributed by atoms with van der Waals surface area (Å²) in [4.78, 5) is 0. The molecule has 3 rings (SSSR count). The monoisotopic (exact) mass is 234 g/mol. The third-order valence-corrected chi connectivity index (χ3v) is 2.85. The van der Waals surface area contributed by atoms with Gasteiger partial charge < -0.3 is 5.73 Å². The molecule has 1 heterocycles. The minimum atomic E-state index is 0.618. The Balaban J connectivity index is 2.25. The zero-order valence-electron chi connectivity index (χ0n) is 9.51. The quantitative estimate of drug-likeness (QED) is 0.635. The Morgan fingerprint density at radius 2 is 2.06 bits per heavy atom. The highest BCUT2D eigenvalue weighted by Gasteiger charge is 2.08. The Kier molecular flexibility index (Phi) is 2.24. The molecule has 0 unspecified atom stereocenters. The summed E-state index contributed by atoms with van der Waals surface area (Å²) in [6, 6.07) is 15.1. The van der Waals surface area contributed by atoms with Crippen LogP contribution >= 0.6 is 0 Å². The molecule has 0 atom stereocenters. The lowest BCUT2D eigenvalue weighted by Gasteiger charge is -1.99. The SMILES string of the molecule is N#Cc1cccc(-c2n[nH]c3ccc(N)cc23)c1. The Morgan fingerprint density at radius 3 is 2.89 bits per heavy atom. The number of nitrogens with one attached hydrogen (secondary N) is 1. The lowest BCUT2D eigenvalue weighted by molar-refractivity contribution is 1.12. The van der Waals surface area contributed by atoms with E-state index in [1.807, 2.05) is 36.4 Å². The van der Waals surface area contributed by atoms with Crippen molar-refractivity contribution in [3.63, 3.8) is 0 Å². The van der Waals surface area contributed by atoms with Crippen LogP contribution in [0.3, 0.4) is 0 Å². The highest BCUT2D eigenvalue weighted by molar-refractivity contribution is 5.94. The topological polar surface area (TPSA) is 78.5 Å². The molecule has 0 saturated carbocycles. The Labute approximate surface area is 104 Å². The van der Waals surface area contributed by atoms with Gasteiger partial charge >= 0.3 is 0 Å². The maximum atomic E-state index is 8.92. The normalized spacial score (nSPS) is 10.4. The van der Waals surface area contributed by atoms with Crippen LogP contribution < -0.4 is 5.73 Å². The number of anilines is 1. The highest BCUT2D eigenvalue weighted by Crippen LogP contribution is 2.28. The molecule has 0 amide bonds. The molecule has 0 saturated heterocycles. The second-order valence-corrected chi connectivity index (χ2v) is 4.07. The molecular weight excluding hydrogens is 224 g/mol. The largest absolute Gasteiger partial charge is 0.399 e. The van der Waals surface area contributed by atoms with Crippen LogP contribution in [0.5, 0.6) is 0 Å². The van der Waals surface area contributed by atoms with Crippen molar-refractivity contribution in [3.05, 3.63) is 48.0 Å². The van der Waals surface area contributed by atoms with Crippen LogP contribution in [0.1, 0.15) is 5.56 Å². The van der Waals surface area contributed by atoms with Gasteiger partial charge in [0.25, 0.3) is 0 Å². The van der Waals surface area contributed by atoms with E-state index in [-0.39, 0.29) is 0 Å². The van der Waals surface area contributed by atoms with E-state index in [1.165, 1.54) is 0 Å². The number of aromatic nitrogens is 2. The number of fused-ring (bicyclic) bond motifs is 1. The van der Waals surface area contributed by atoms with E-state index in [0.717, 1.165) is 22.2 Å². The molecule has 2 aromatic carbocycles. The predicted octanol–water partition coefficient (Wildman–Crippen LogP) is 2.68. The molecule has 0 aliphatic rings. The van der Waals surface area contributed by atoms with Crippen LogP contribution in [0.4, 0.5) is 5.69 Å². The van der Waals surface area contributed by atoms with E-state index in [9.17, 15) is 0 Å². The first kappa shape index (κ1) is 10.4.